The van der Waals surface area contributed by atoms with Crippen LogP contribution < -0.4 is 14.8 Å². The van der Waals surface area contributed by atoms with E-state index in [-0.39, 0.29) is 5.56 Å². The second-order valence-electron chi connectivity index (χ2n) is 7.52. The second-order valence-corrected chi connectivity index (χ2v) is 8.55. The summed E-state index contributed by atoms with van der Waals surface area (Å²) in [6.07, 6.45) is 3.46. The number of imidazole rings is 1. The Morgan fingerprint density at radius 2 is 1.82 bits per heavy atom. The largest absolute Gasteiger partial charge is 0.326 e. The average molecular weight is 450 g/mol. The lowest BCUT2D eigenvalue weighted by Gasteiger charge is -2.05. The Morgan fingerprint density at radius 1 is 1.06 bits per heavy atom. The van der Waals surface area contributed by atoms with Crippen molar-refractivity contribution in [2.75, 3.05) is 0 Å². The molecular weight excluding hydrogens is 430 g/mol. The van der Waals surface area contributed by atoms with Gasteiger partial charge >= 0.3 is 0 Å². The van der Waals surface area contributed by atoms with Crippen molar-refractivity contribution >= 4 is 34.0 Å². The van der Waals surface area contributed by atoms with Crippen LogP contribution in [0.15, 0.2) is 83.8 Å². The molecule has 160 valence electrons. The van der Waals surface area contributed by atoms with E-state index < -0.39 is 0 Å². The minimum absolute atomic E-state index is 0.156. The molecule has 5 aromatic rings. The van der Waals surface area contributed by atoms with Gasteiger partial charge in [-0.1, -0.05) is 48.5 Å². The fourth-order valence-corrected chi connectivity index (χ4v) is 4.86. The Kier molecular flexibility index (Phi) is 5.43. The molecule has 6 nitrogen and oxygen atoms in total. The summed E-state index contributed by atoms with van der Waals surface area (Å²) in [5, 5.41) is 10.2. The van der Waals surface area contributed by atoms with Crippen LogP contribution in [0.5, 0.6) is 0 Å². The molecule has 0 radical (unpaired) electrons. The summed E-state index contributed by atoms with van der Waals surface area (Å²) in [5.41, 5.74) is 3.61. The molecule has 5 rings (SSSR count). The van der Waals surface area contributed by atoms with Crippen LogP contribution in [0.4, 0.5) is 0 Å². The highest BCUT2D eigenvalue weighted by Crippen LogP contribution is 2.18. The molecule has 0 fully saturated rings. The number of rotatable bonds is 4. The summed E-state index contributed by atoms with van der Waals surface area (Å²) in [6, 6.07) is 25.4. The molecule has 0 saturated heterocycles. The Balaban J connectivity index is 1.82. The van der Waals surface area contributed by atoms with Crippen LogP contribution in [-0.2, 0) is 13.6 Å². The standard InChI is InChI=1S/C26H19N5OS/c1-30-22-13-6-5-12-21(22)29-24(30)20(16-27)26-31(17-18-9-3-2-4-10-18)25(32)23(33-26)15-19-11-7-8-14-28-19/h2-15H,17H2,1H3/b23-15-,26-20+. The van der Waals surface area contributed by atoms with E-state index in [0.29, 0.717) is 32.8 Å². The van der Waals surface area contributed by atoms with Gasteiger partial charge in [0, 0.05) is 13.2 Å². The lowest BCUT2D eigenvalue weighted by molar-refractivity contribution is 0.752. The van der Waals surface area contributed by atoms with Crippen molar-refractivity contribution in [3.63, 3.8) is 0 Å². The molecule has 0 aliphatic carbocycles. The third-order valence-corrected chi connectivity index (χ3v) is 6.52. The van der Waals surface area contributed by atoms with Gasteiger partial charge in [-0.05, 0) is 35.9 Å². The third kappa shape index (κ3) is 3.88. The Morgan fingerprint density at radius 3 is 2.55 bits per heavy atom. The molecule has 0 saturated carbocycles. The predicted molar refractivity (Wildman–Crippen MR) is 130 cm³/mol. The van der Waals surface area contributed by atoms with Crippen LogP contribution in [0, 0.1) is 11.3 Å². The van der Waals surface area contributed by atoms with Crippen molar-refractivity contribution in [3.8, 4) is 6.07 Å². The number of nitrogens with zero attached hydrogens (tertiary/aromatic N) is 5. The minimum Gasteiger partial charge on any atom is -0.326 e. The highest BCUT2D eigenvalue weighted by atomic mass is 32.1. The van der Waals surface area contributed by atoms with Gasteiger partial charge in [-0.3, -0.25) is 14.3 Å². The topological polar surface area (TPSA) is 76.5 Å². The summed E-state index contributed by atoms with van der Waals surface area (Å²) in [6.45, 7) is 0.358. The average Bonchev–Trinajstić information content (AvgIpc) is 3.33. The molecular formula is C26H19N5OS. The van der Waals surface area contributed by atoms with Gasteiger partial charge in [0.1, 0.15) is 16.3 Å². The molecule has 7 heteroatoms. The van der Waals surface area contributed by atoms with Gasteiger partial charge in [0.2, 0.25) is 0 Å². The first-order valence-corrected chi connectivity index (χ1v) is 11.2. The van der Waals surface area contributed by atoms with E-state index in [4.69, 9.17) is 4.98 Å². The summed E-state index contributed by atoms with van der Waals surface area (Å²) in [5.74, 6) is 0.533. The first kappa shape index (κ1) is 20.6. The number of aryl methyl sites for hydroxylation is 1. The monoisotopic (exact) mass is 449 g/mol. The molecule has 0 bridgehead atoms. The van der Waals surface area contributed by atoms with E-state index in [9.17, 15) is 10.1 Å². The summed E-state index contributed by atoms with van der Waals surface area (Å²) in [4.78, 5) is 22.5. The summed E-state index contributed by atoms with van der Waals surface area (Å²) >= 11 is 1.29. The number of benzene rings is 2. The zero-order valence-electron chi connectivity index (χ0n) is 17.8. The molecule has 0 spiro atoms. The maximum absolute atomic E-state index is 13.5. The molecule has 0 amide bonds. The normalized spacial score (nSPS) is 12.7. The maximum Gasteiger partial charge on any atom is 0.269 e. The smallest absolute Gasteiger partial charge is 0.269 e. The first-order chi connectivity index (χ1) is 16.2. The third-order valence-electron chi connectivity index (χ3n) is 5.39. The Labute approximate surface area is 193 Å². The lowest BCUT2D eigenvalue weighted by Crippen LogP contribution is -2.32. The van der Waals surface area contributed by atoms with Crippen molar-refractivity contribution in [1.82, 2.24) is 19.1 Å². The number of aromatic nitrogens is 4. The van der Waals surface area contributed by atoms with Gasteiger partial charge in [0.15, 0.2) is 5.82 Å². The number of hydrogen-bond donors (Lipinski definition) is 0. The zero-order chi connectivity index (χ0) is 22.8. The fourth-order valence-electron chi connectivity index (χ4n) is 3.77. The molecule has 2 aromatic carbocycles. The van der Waals surface area contributed by atoms with Crippen molar-refractivity contribution < 1.29 is 0 Å². The van der Waals surface area contributed by atoms with Gasteiger partial charge in [-0.15, -0.1) is 11.3 Å². The van der Waals surface area contributed by atoms with E-state index in [0.717, 1.165) is 16.6 Å². The van der Waals surface area contributed by atoms with Crippen molar-refractivity contribution in [3.05, 3.63) is 116 Å². The van der Waals surface area contributed by atoms with E-state index >= 15 is 0 Å². The molecule has 0 aliphatic heterocycles. The van der Waals surface area contributed by atoms with Crippen LogP contribution in [0.25, 0.3) is 22.7 Å². The van der Waals surface area contributed by atoms with E-state index in [1.165, 1.54) is 11.3 Å². The SMILES string of the molecule is Cn1c(/C(C#N)=c2/s/c(=C\c3ccccn3)c(=O)n2Cc2ccccc2)nc2ccccc21. The van der Waals surface area contributed by atoms with Crippen LogP contribution >= 0.6 is 11.3 Å². The highest BCUT2D eigenvalue weighted by Gasteiger charge is 2.17. The number of para-hydroxylation sites is 2. The van der Waals surface area contributed by atoms with Gasteiger partial charge < -0.3 is 4.57 Å². The van der Waals surface area contributed by atoms with Gasteiger partial charge in [-0.2, -0.15) is 5.26 Å². The van der Waals surface area contributed by atoms with Gasteiger partial charge in [-0.25, -0.2) is 4.98 Å². The first-order valence-electron chi connectivity index (χ1n) is 10.4. The highest BCUT2D eigenvalue weighted by molar-refractivity contribution is 7.07. The van der Waals surface area contributed by atoms with E-state index in [1.54, 1.807) is 16.8 Å². The molecule has 0 aliphatic rings. The van der Waals surface area contributed by atoms with Crippen LogP contribution in [-0.4, -0.2) is 19.1 Å². The van der Waals surface area contributed by atoms with Crippen LogP contribution in [0.1, 0.15) is 17.1 Å². The van der Waals surface area contributed by atoms with Gasteiger partial charge in [0.25, 0.3) is 5.56 Å². The van der Waals surface area contributed by atoms with Crippen LogP contribution in [0.3, 0.4) is 0 Å². The Bertz CT molecular complexity index is 1670. The minimum atomic E-state index is -0.156. The molecule has 3 heterocycles. The number of fused-ring (bicyclic) bond motifs is 1. The van der Waals surface area contributed by atoms with Crippen molar-refractivity contribution in [1.29, 1.82) is 5.26 Å². The fraction of sp³-hybridized carbons (Fsp3) is 0.0769. The number of nitriles is 1. The summed E-state index contributed by atoms with van der Waals surface area (Å²) in [7, 11) is 1.89. The van der Waals surface area contributed by atoms with E-state index in [2.05, 4.69) is 11.1 Å². The molecule has 0 unspecified atom stereocenters. The lowest BCUT2D eigenvalue weighted by atomic mass is 10.2. The Hall–Kier alpha value is -4.28. The van der Waals surface area contributed by atoms with E-state index in [1.807, 2.05) is 84.4 Å². The second kappa shape index (κ2) is 8.69. The summed E-state index contributed by atoms with van der Waals surface area (Å²) < 4.78 is 4.65. The van der Waals surface area contributed by atoms with Crippen molar-refractivity contribution in [2.24, 2.45) is 7.05 Å². The zero-order valence-corrected chi connectivity index (χ0v) is 18.7. The van der Waals surface area contributed by atoms with Gasteiger partial charge in [0.05, 0.1) is 27.8 Å². The number of pyridine rings is 1. The van der Waals surface area contributed by atoms with Crippen LogP contribution in [0.2, 0.25) is 0 Å². The molecule has 33 heavy (non-hydrogen) atoms. The maximum atomic E-state index is 13.5. The molecule has 0 atom stereocenters. The number of hydrogen-bond acceptors (Lipinski definition) is 5. The molecule has 3 aromatic heterocycles. The molecule has 0 N–H and O–H groups in total. The number of thiazole rings is 1. The van der Waals surface area contributed by atoms with Crippen molar-refractivity contribution in [2.45, 2.75) is 6.54 Å². The predicted octanol–water partition coefficient (Wildman–Crippen LogP) is 2.79. The quantitative estimate of drug-likeness (QED) is 0.423.